The number of carbonyl (C=O) groups excluding carboxylic acids is 1. The molecule has 1 radical (unpaired) electrons. The Balaban J connectivity index is 2.34. The summed E-state index contributed by atoms with van der Waals surface area (Å²) in [5.41, 5.74) is 0. The molecule has 0 unspecified atom stereocenters. The zero-order chi connectivity index (χ0) is 5.98. The van der Waals surface area contributed by atoms with Crippen LogP contribution in [0.25, 0.3) is 0 Å². The molecule has 1 heterocycles. The average molecular weight is 113 g/mol. The lowest BCUT2D eigenvalue weighted by Gasteiger charge is -2.19. The van der Waals surface area contributed by atoms with Crippen LogP contribution in [0.4, 0.5) is 0 Å². The molecule has 0 spiro atoms. The minimum Gasteiger partial charge on any atom is -0.296 e. The molecule has 0 N–H and O–H groups in total. The Morgan fingerprint density at radius 1 is 1.75 bits per heavy atom. The molecule has 0 saturated carbocycles. The van der Waals surface area contributed by atoms with Gasteiger partial charge >= 0.3 is 0 Å². The van der Waals surface area contributed by atoms with Gasteiger partial charge in [0.05, 0.1) is 13.1 Å². The van der Waals surface area contributed by atoms with Crippen LogP contribution >= 0.6 is 0 Å². The zero-order valence-electron chi connectivity index (χ0n) is 4.92. The molecule has 0 atom stereocenters. The van der Waals surface area contributed by atoms with Crippen molar-refractivity contribution in [3.63, 3.8) is 0 Å². The van der Waals surface area contributed by atoms with Gasteiger partial charge < -0.3 is 0 Å². The van der Waals surface area contributed by atoms with E-state index >= 15 is 0 Å². The molecule has 1 rings (SSSR count). The van der Waals surface area contributed by atoms with E-state index in [1.54, 1.807) is 0 Å². The van der Waals surface area contributed by atoms with E-state index in [0.29, 0.717) is 13.1 Å². The van der Waals surface area contributed by atoms with E-state index in [1.165, 1.54) is 0 Å². The van der Waals surface area contributed by atoms with Crippen molar-refractivity contribution >= 4 is 5.91 Å². The molecule has 1 saturated heterocycles. The van der Waals surface area contributed by atoms with E-state index in [-0.39, 0.29) is 5.91 Å². The molecule has 0 bridgehead atoms. The largest absolute Gasteiger partial charge is 0.296 e. The lowest BCUT2D eigenvalue weighted by molar-refractivity contribution is -0.123. The third-order valence-corrected chi connectivity index (χ3v) is 1.18. The first-order valence-corrected chi connectivity index (χ1v) is 2.68. The lowest BCUT2D eigenvalue weighted by Crippen LogP contribution is -2.41. The molecule has 0 aliphatic carbocycles. The minimum atomic E-state index is 0.0127. The molecule has 1 aliphatic heterocycles. The fourth-order valence-corrected chi connectivity index (χ4v) is 0.705. The lowest BCUT2D eigenvalue weighted by atomic mass is 10.4. The Morgan fingerprint density at radius 3 is 2.88 bits per heavy atom. The Morgan fingerprint density at radius 2 is 2.50 bits per heavy atom. The maximum absolute atomic E-state index is 10.5. The second-order valence-electron chi connectivity index (χ2n) is 2.01. The van der Waals surface area contributed by atoms with Crippen molar-refractivity contribution in [2.24, 2.45) is 0 Å². The fourth-order valence-electron chi connectivity index (χ4n) is 0.705. The van der Waals surface area contributed by atoms with Crippen LogP contribution in [0.1, 0.15) is 0 Å². The molecule has 8 heavy (non-hydrogen) atoms. The van der Waals surface area contributed by atoms with Crippen molar-refractivity contribution in [2.75, 3.05) is 26.7 Å². The van der Waals surface area contributed by atoms with Crippen LogP contribution in [0.3, 0.4) is 0 Å². The number of nitrogens with zero attached hydrogens (tertiary/aromatic N) is 2. The summed E-state index contributed by atoms with van der Waals surface area (Å²) >= 11 is 0. The van der Waals surface area contributed by atoms with E-state index in [0.717, 1.165) is 6.54 Å². The fraction of sp³-hybridized carbons (Fsp3) is 0.800. The highest BCUT2D eigenvalue weighted by Crippen LogP contribution is 1.87. The zero-order valence-corrected chi connectivity index (χ0v) is 4.92. The first-order chi connectivity index (χ1) is 3.79. The molecule has 3 heteroatoms. The average Bonchev–Trinajstić information content (AvgIpc) is 1.64. The van der Waals surface area contributed by atoms with Crippen LogP contribution < -0.4 is 5.32 Å². The van der Waals surface area contributed by atoms with Gasteiger partial charge in [-0.15, -0.1) is 0 Å². The van der Waals surface area contributed by atoms with E-state index in [1.807, 2.05) is 11.9 Å². The Hall–Kier alpha value is -0.570. The molecule has 0 aromatic heterocycles. The van der Waals surface area contributed by atoms with Gasteiger partial charge in [-0.3, -0.25) is 9.69 Å². The number of hydrogen-bond donors (Lipinski definition) is 0. The Labute approximate surface area is 48.7 Å². The number of carbonyl (C=O) groups is 1. The highest BCUT2D eigenvalue weighted by atomic mass is 16.2. The Bertz CT molecular complexity index is 103. The second kappa shape index (κ2) is 2.13. The molecule has 1 fully saturated rings. The van der Waals surface area contributed by atoms with Crippen molar-refractivity contribution in [3.8, 4) is 0 Å². The van der Waals surface area contributed by atoms with Crippen LogP contribution in [0.15, 0.2) is 0 Å². The highest BCUT2D eigenvalue weighted by Gasteiger charge is 2.12. The van der Waals surface area contributed by atoms with Gasteiger partial charge in [0.25, 0.3) is 5.91 Å². The minimum absolute atomic E-state index is 0.0127. The van der Waals surface area contributed by atoms with Crippen molar-refractivity contribution in [3.05, 3.63) is 0 Å². The van der Waals surface area contributed by atoms with Crippen LogP contribution in [0.2, 0.25) is 0 Å². The SMILES string of the molecule is CN1CC[N]C(=O)C1. The summed E-state index contributed by atoms with van der Waals surface area (Å²) in [6, 6.07) is 0. The van der Waals surface area contributed by atoms with Gasteiger partial charge in [-0.25, -0.2) is 5.32 Å². The van der Waals surface area contributed by atoms with E-state index in [4.69, 9.17) is 0 Å². The van der Waals surface area contributed by atoms with Crippen molar-refractivity contribution < 1.29 is 4.79 Å². The number of piperazine rings is 1. The van der Waals surface area contributed by atoms with Gasteiger partial charge in [0.1, 0.15) is 0 Å². The highest BCUT2D eigenvalue weighted by molar-refractivity contribution is 5.78. The van der Waals surface area contributed by atoms with Crippen molar-refractivity contribution in [2.45, 2.75) is 0 Å². The molecule has 0 aromatic rings. The molecule has 1 aliphatic rings. The molecular formula is C5H9N2O. The second-order valence-corrected chi connectivity index (χ2v) is 2.01. The summed E-state index contributed by atoms with van der Waals surface area (Å²) in [6.07, 6.45) is 0. The van der Waals surface area contributed by atoms with E-state index in [9.17, 15) is 4.79 Å². The number of amides is 1. The summed E-state index contributed by atoms with van der Waals surface area (Å²) in [5, 5.41) is 3.70. The van der Waals surface area contributed by atoms with Gasteiger partial charge in [-0.05, 0) is 7.05 Å². The van der Waals surface area contributed by atoms with Crippen LogP contribution in [0.5, 0.6) is 0 Å². The smallest absolute Gasteiger partial charge is 0.255 e. The maximum Gasteiger partial charge on any atom is 0.255 e. The predicted molar refractivity (Wildman–Crippen MR) is 29.5 cm³/mol. The predicted octanol–water partition coefficient (Wildman–Crippen LogP) is -0.937. The molecule has 45 valence electrons. The van der Waals surface area contributed by atoms with Crippen LogP contribution in [-0.2, 0) is 4.79 Å². The standard InChI is InChI=1S/C5H9N2O/c1-7-3-2-6-5(8)4-7/h2-4H2,1H3. The van der Waals surface area contributed by atoms with Gasteiger partial charge in [-0.2, -0.15) is 0 Å². The third-order valence-electron chi connectivity index (χ3n) is 1.18. The summed E-state index contributed by atoms with van der Waals surface area (Å²) in [4.78, 5) is 12.4. The first-order valence-electron chi connectivity index (χ1n) is 2.68. The number of rotatable bonds is 0. The van der Waals surface area contributed by atoms with Crippen molar-refractivity contribution in [1.82, 2.24) is 10.2 Å². The van der Waals surface area contributed by atoms with Gasteiger partial charge in [0, 0.05) is 6.54 Å². The molecule has 3 nitrogen and oxygen atoms in total. The normalized spacial score (nSPS) is 22.9. The van der Waals surface area contributed by atoms with Gasteiger partial charge in [-0.1, -0.05) is 0 Å². The van der Waals surface area contributed by atoms with E-state index in [2.05, 4.69) is 5.32 Å². The summed E-state index contributed by atoms with van der Waals surface area (Å²) in [5.74, 6) is 0.0127. The Kier molecular flexibility index (Phi) is 1.48. The van der Waals surface area contributed by atoms with Gasteiger partial charge in [0.15, 0.2) is 0 Å². The molecule has 1 amide bonds. The van der Waals surface area contributed by atoms with Crippen LogP contribution in [0, 0.1) is 0 Å². The van der Waals surface area contributed by atoms with Crippen molar-refractivity contribution in [1.29, 1.82) is 0 Å². The maximum atomic E-state index is 10.5. The van der Waals surface area contributed by atoms with Crippen LogP contribution in [-0.4, -0.2) is 37.5 Å². The van der Waals surface area contributed by atoms with E-state index < -0.39 is 0 Å². The molecular weight excluding hydrogens is 104 g/mol. The van der Waals surface area contributed by atoms with Gasteiger partial charge in [0.2, 0.25) is 0 Å². The summed E-state index contributed by atoms with van der Waals surface area (Å²) in [6.45, 7) is 2.10. The molecule has 0 aromatic carbocycles. The number of hydrogen-bond acceptors (Lipinski definition) is 2. The monoisotopic (exact) mass is 113 g/mol. The summed E-state index contributed by atoms with van der Waals surface area (Å²) < 4.78 is 0. The first kappa shape index (κ1) is 5.56. The topological polar surface area (TPSA) is 34.4 Å². The third kappa shape index (κ3) is 1.20. The quantitative estimate of drug-likeness (QED) is 0.406. The summed E-state index contributed by atoms with van der Waals surface area (Å²) in [7, 11) is 1.92. The number of likely N-dealkylation sites (N-methyl/N-ethyl adjacent to an activating group) is 1.